The van der Waals surface area contributed by atoms with Gasteiger partial charge in [-0.3, -0.25) is 4.79 Å². The SMILES string of the molecule is CN1CC(NC(=O)N2CCCCCC2C(=O)O)CCC1=O. The lowest BCUT2D eigenvalue weighted by molar-refractivity contribution is -0.142. The molecule has 2 saturated heterocycles. The average molecular weight is 297 g/mol. The maximum Gasteiger partial charge on any atom is 0.326 e. The summed E-state index contributed by atoms with van der Waals surface area (Å²) in [6.07, 6.45) is 4.16. The lowest BCUT2D eigenvalue weighted by Gasteiger charge is -2.33. The molecule has 2 N–H and O–H groups in total. The van der Waals surface area contributed by atoms with Crippen molar-refractivity contribution in [3.8, 4) is 0 Å². The van der Waals surface area contributed by atoms with E-state index < -0.39 is 12.0 Å². The number of urea groups is 1. The molecule has 7 heteroatoms. The topological polar surface area (TPSA) is 90.0 Å². The number of amides is 3. The van der Waals surface area contributed by atoms with Crippen LogP contribution >= 0.6 is 0 Å². The molecular weight excluding hydrogens is 274 g/mol. The smallest absolute Gasteiger partial charge is 0.326 e. The van der Waals surface area contributed by atoms with E-state index in [9.17, 15) is 19.5 Å². The first-order valence-corrected chi connectivity index (χ1v) is 7.53. The molecule has 2 rings (SSSR count). The van der Waals surface area contributed by atoms with E-state index in [4.69, 9.17) is 0 Å². The maximum atomic E-state index is 12.4. The van der Waals surface area contributed by atoms with Gasteiger partial charge in [0.25, 0.3) is 0 Å². The third-order valence-corrected chi connectivity index (χ3v) is 4.25. The molecule has 2 atom stereocenters. The molecule has 2 aliphatic rings. The Morgan fingerprint density at radius 3 is 2.67 bits per heavy atom. The van der Waals surface area contributed by atoms with Crippen molar-refractivity contribution in [3.63, 3.8) is 0 Å². The first-order chi connectivity index (χ1) is 9.99. The zero-order valence-corrected chi connectivity index (χ0v) is 12.4. The van der Waals surface area contributed by atoms with Gasteiger partial charge in [-0.25, -0.2) is 9.59 Å². The molecule has 2 unspecified atom stereocenters. The lowest BCUT2D eigenvalue weighted by atomic mass is 10.1. The minimum absolute atomic E-state index is 0.0821. The summed E-state index contributed by atoms with van der Waals surface area (Å²) in [6, 6.07) is -1.16. The van der Waals surface area contributed by atoms with Crippen LogP contribution in [0, 0.1) is 0 Å². The van der Waals surface area contributed by atoms with Gasteiger partial charge >= 0.3 is 12.0 Å². The summed E-state index contributed by atoms with van der Waals surface area (Å²) in [7, 11) is 1.71. The van der Waals surface area contributed by atoms with Crippen LogP contribution in [-0.4, -0.2) is 65.0 Å². The molecule has 0 saturated carbocycles. The number of hydrogen-bond donors (Lipinski definition) is 2. The lowest BCUT2D eigenvalue weighted by Crippen LogP contribution is -2.55. The van der Waals surface area contributed by atoms with Crippen molar-refractivity contribution in [3.05, 3.63) is 0 Å². The van der Waals surface area contributed by atoms with Gasteiger partial charge in [-0.1, -0.05) is 12.8 Å². The highest BCUT2D eigenvalue weighted by Gasteiger charge is 2.32. The van der Waals surface area contributed by atoms with Gasteiger partial charge in [-0.2, -0.15) is 0 Å². The van der Waals surface area contributed by atoms with Crippen molar-refractivity contribution in [2.45, 2.75) is 50.6 Å². The second-order valence-corrected chi connectivity index (χ2v) is 5.86. The Hall–Kier alpha value is -1.79. The van der Waals surface area contributed by atoms with E-state index in [1.165, 1.54) is 4.90 Å². The first-order valence-electron chi connectivity index (χ1n) is 7.53. The van der Waals surface area contributed by atoms with E-state index in [0.29, 0.717) is 32.4 Å². The molecule has 0 radical (unpaired) electrons. The number of nitrogens with zero attached hydrogens (tertiary/aromatic N) is 2. The van der Waals surface area contributed by atoms with E-state index in [1.54, 1.807) is 11.9 Å². The van der Waals surface area contributed by atoms with Crippen LogP contribution in [0.4, 0.5) is 4.79 Å². The van der Waals surface area contributed by atoms with Gasteiger partial charge < -0.3 is 20.2 Å². The van der Waals surface area contributed by atoms with Crippen LogP contribution in [0.5, 0.6) is 0 Å². The molecule has 2 fully saturated rings. The Bertz CT molecular complexity index is 426. The third kappa shape index (κ3) is 3.86. The maximum absolute atomic E-state index is 12.4. The zero-order valence-electron chi connectivity index (χ0n) is 12.4. The predicted molar refractivity (Wildman–Crippen MR) is 75.8 cm³/mol. The fourth-order valence-electron chi connectivity index (χ4n) is 3.00. The predicted octanol–water partition coefficient (Wildman–Crippen LogP) is 0.646. The Labute approximate surface area is 124 Å². The summed E-state index contributed by atoms with van der Waals surface area (Å²) < 4.78 is 0. The van der Waals surface area contributed by atoms with Gasteiger partial charge in [0.05, 0.1) is 0 Å². The molecule has 118 valence electrons. The Morgan fingerprint density at radius 1 is 1.24 bits per heavy atom. The number of likely N-dealkylation sites (N-methyl/N-ethyl adjacent to an activating group) is 1. The molecule has 0 aromatic carbocycles. The fraction of sp³-hybridized carbons (Fsp3) is 0.786. The summed E-state index contributed by atoms with van der Waals surface area (Å²) in [6.45, 7) is 0.959. The van der Waals surface area contributed by atoms with Gasteiger partial charge in [-0.05, 0) is 19.3 Å². The number of carbonyl (C=O) groups is 3. The molecular formula is C14H23N3O4. The molecule has 7 nitrogen and oxygen atoms in total. The second-order valence-electron chi connectivity index (χ2n) is 5.86. The Morgan fingerprint density at radius 2 is 2.00 bits per heavy atom. The average Bonchev–Trinajstić information content (AvgIpc) is 2.68. The highest BCUT2D eigenvalue weighted by Crippen LogP contribution is 2.18. The summed E-state index contributed by atoms with van der Waals surface area (Å²) in [5.41, 5.74) is 0. The van der Waals surface area contributed by atoms with Crippen LogP contribution in [0.3, 0.4) is 0 Å². The van der Waals surface area contributed by atoms with Crippen LogP contribution in [0.1, 0.15) is 38.5 Å². The molecule has 3 amide bonds. The van der Waals surface area contributed by atoms with Crippen LogP contribution in [0.25, 0.3) is 0 Å². The number of rotatable bonds is 2. The second kappa shape index (κ2) is 6.78. The van der Waals surface area contributed by atoms with Crippen LogP contribution < -0.4 is 5.32 Å². The number of likely N-dealkylation sites (tertiary alicyclic amines) is 2. The molecule has 0 spiro atoms. The quantitative estimate of drug-likeness (QED) is 0.783. The number of carboxylic acids is 1. The number of piperidine rings is 1. The van der Waals surface area contributed by atoms with Gasteiger partial charge in [0.1, 0.15) is 6.04 Å². The van der Waals surface area contributed by atoms with Gasteiger partial charge in [0, 0.05) is 32.6 Å². The van der Waals surface area contributed by atoms with Gasteiger partial charge in [0.15, 0.2) is 0 Å². The number of aliphatic carboxylic acids is 1. The van der Waals surface area contributed by atoms with Crippen molar-refractivity contribution in [1.82, 2.24) is 15.1 Å². The Kier molecular flexibility index (Phi) is 5.03. The monoisotopic (exact) mass is 297 g/mol. The molecule has 0 bridgehead atoms. The highest BCUT2D eigenvalue weighted by atomic mass is 16.4. The Balaban J connectivity index is 1.97. The summed E-state index contributed by atoms with van der Waals surface area (Å²) in [5.74, 6) is -0.860. The number of carboxylic acid groups (broad SMARTS) is 1. The molecule has 0 aromatic rings. The number of carbonyl (C=O) groups excluding carboxylic acids is 2. The highest BCUT2D eigenvalue weighted by molar-refractivity contribution is 5.83. The van der Waals surface area contributed by atoms with E-state index in [-0.39, 0.29) is 18.0 Å². The minimum Gasteiger partial charge on any atom is -0.480 e. The van der Waals surface area contributed by atoms with Gasteiger partial charge in [-0.15, -0.1) is 0 Å². The third-order valence-electron chi connectivity index (χ3n) is 4.25. The summed E-state index contributed by atoms with van der Waals surface area (Å²) in [5, 5.41) is 12.2. The summed E-state index contributed by atoms with van der Waals surface area (Å²) in [4.78, 5) is 38.2. The largest absolute Gasteiger partial charge is 0.480 e. The van der Waals surface area contributed by atoms with E-state index >= 15 is 0 Å². The van der Waals surface area contributed by atoms with Crippen molar-refractivity contribution in [2.24, 2.45) is 0 Å². The van der Waals surface area contributed by atoms with Crippen LogP contribution in [0.2, 0.25) is 0 Å². The first kappa shape index (κ1) is 15.6. The fourth-order valence-corrected chi connectivity index (χ4v) is 3.00. The van der Waals surface area contributed by atoms with Crippen molar-refractivity contribution in [1.29, 1.82) is 0 Å². The summed E-state index contributed by atoms with van der Waals surface area (Å²) >= 11 is 0. The van der Waals surface area contributed by atoms with E-state index in [2.05, 4.69) is 5.32 Å². The van der Waals surface area contributed by atoms with E-state index in [0.717, 1.165) is 19.3 Å². The van der Waals surface area contributed by atoms with Crippen LogP contribution in [0.15, 0.2) is 0 Å². The normalized spacial score (nSPS) is 27.2. The molecule has 2 aliphatic heterocycles. The standard InChI is InChI=1S/C14H23N3O4/c1-16-9-10(6-7-12(16)18)15-14(21)17-8-4-2-3-5-11(17)13(19)20/h10-11H,2-9H2,1H3,(H,15,21)(H,19,20). The van der Waals surface area contributed by atoms with Crippen molar-refractivity contribution in [2.75, 3.05) is 20.1 Å². The van der Waals surface area contributed by atoms with Gasteiger partial charge in [0.2, 0.25) is 5.91 Å². The molecule has 0 aliphatic carbocycles. The number of hydrogen-bond acceptors (Lipinski definition) is 3. The minimum atomic E-state index is -0.942. The zero-order chi connectivity index (χ0) is 15.4. The van der Waals surface area contributed by atoms with E-state index in [1.807, 2.05) is 0 Å². The number of nitrogens with one attached hydrogen (secondary N) is 1. The molecule has 2 heterocycles. The van der Waals surface area contributed by atoms with Crippen molar-refractivity contribution < 1.29 is 19.5 Å². The molecule has 0 aromatic heterocycles. The van der Waals surface area contributed by atoms with Crippen molar-refractivity contribution >= 4 is 17.9 Å². The molecule has 21 heavy (non-hydrogen) atoms. The van der Waals surface area contributed by atoms with Crippen LogP contribution in [-0.2, 0) is 9.59 Å².